The lowest BCUT2D eigenvalue weighted by molar-refractivity contribution is 0.218. The molecule has 0 saturated heterocycles. The van der Waals surface area contributed by atoms with Crippen LogP contribution in [0.25, 0.3) is 11.0 Å². The molecule has 0 aliphatic carbocycles. The molecule has 0 atom stereocenters. The molecule has 2 aromatic heterocycles. The van der Waals surface area contributed by atoms with Gasteiger partial charge in [0.1, 0.15) is 5.52 Å². The van der Waals surface area contributed by atoms with Crippen molar-refractivity contribution in [2.24, 2.45) is 0 Å². The highest BCUT2D eigenvalue weighted by atomic mass is 79.9. The number of aromatic nitrogens is 2. The summed E-state index contributed by atoms with van der Waals surface area (Å²) in [6, 6.07) is 3.96. The summed E-state index contributed by atoms with van der Waals surface area (Å²) in [5, 5.41) is 0. The van der Waals surface area contributed by atoms with Gasteiger partial charge in [0.2, 0.25) is 0 Å². The van der Waals surface area contributed by atoms with Gasteiger partial charge in [0.05, 0.1) is 12.1 Å². The predicted molar refractivity (Wildman–Crippen MR) is 69.8 cm³/mol. The molecule has 0 aliphatic rings. The van der Waals surface area contributed by atoms with Crippen molar-refractivity contribution in [2.45, 2.75) is 4.90 Å². The highest BCUT2D eigenvalue weighted by molar-refractivity contribution is 9.10. The lowest BCUT2D eigenvalue weighted by Crippen LogP contribution is -1.92. The minimum absolute atomic E-state index is 0.741. The number of nitrogens with zero attached hydrogens (tertiary/aromatic N) is 2. The maximum atomic E-state index is 5.03. The maximum Gasteiger partial charge on any atom is 0.102 e. The number of halogens is 1. The molecule has 0 aromatic carbocycles. The Hall–Kier alpha value is -0.650. The van der Waals surface area contributed by atoms with Crippen LogP contribution in [0.1, 0.15) is 0 Å². The van der Waals surface area contributed by atoms with Crippen molar-refractivity contribution in [1.82, 2.24) is 9.97 Å². The van der Waals surface area contributed by atoms with Crippen LogP contribution in [0.5, 0.6) is 0 Å². The van der Waals surface area contributed by atoms with E-state index in [-0.39, 0.29) is 0 Å². The molecule has 84 valence electrons. The summed E-state index contributed by atoms with van der Waals surface area (Å²) < 4.78 is 5.98. The zero-order valence-electron chi connectivity index (χ0n) is 8.81. The van der Waals surface area contributed by atoms with Crippen molar-refractivity contribution in [3.05, 3.63) is 29.0 Å². The summed E-state index contributed by atoms with van der Waals surface area (Å²) in [5.74, 6) is 0.924. The standard InChI is InChI=1S/C11H11BrN2OS/c1-15-4-5-16-10-2-3-13-9-6-8(12)7-14-11(9)10/h2-3,6-7H,4-5H2,1H3. The van der Waals surface area contributed by atoms with E-state index in [9.17, 15) is 0 Å². The minimum atomic E-state index is 0.741. The summed E-state index contributed by atoms with van der Waals surface area (Å²) in [5.41, 5.74) is 1.86. The van der Waals surface area contributed by atoms with Crippen LogP contribution in [0.15, 0.2) is 33.9 Å². The van der Waals surface area contributed by atoms with Crippen LogP contribution in [0.3, 0.4) is 0 Å². The molecule has 0 amide bonds. The summed E-state index contributed by atoms with van der Waals surface area (Å²) >= 11 is 5.13. The minimum Gasteiger partial charge on any atom is -0.384 e. The number of methoxy groups -OCH3 is 1. The first-order chi connectivity index (χ1) is 7.81. The molecule has 0 bridgehead atoms. The lowest BCUT2D eigenvalue weighted by atomic mass is 10.3. The summed E-state index contributed by atoms with van der Waals surface area (Å²) in [6.45, 7) is 0.741. The van der Waals surface area contributed by atoms with Crippen LogP contribution in [0.2, 0.25) is 0 Å². The monoisotopic (exact) mass is 298 g/mol. The number of thioether (sulfide) groups is 1. The molecule has 0 N–H and O–H groups in total. The third-order valence-corrected chi connectivity index (χ3v) is 3.50. The van der Waals surface area contributed by atoms with E-state index in [1.165, 1.54) is 0 Å². The molecule has 3 nitrogen and oxygen atoms in total. The lowest BCUT2D eigenvalue weighted by Gasteiger charge is -2.04. The van der Waals surface area contributed by atoms with E-state index in [1.54, 1.807) is 25.1 Å². The Bertz CT molecular complexity index is 492. The van der Waals surface area contributed by atoms with E-state index < -0.39 is 0 Å². The van der Waals surface area contributed by atoms with Gasteiger partial charge in [0, 0.05) is 34.6 Å². The largest absolute Gasteiger partial charge is 0.384 e. The molecular formula is C11H11BrN2OS. The van der Waals surface area contributed by atoms with Gasteiger partial charge in [0.25, 0.3) is 0 Å². The van der Waals surface area contributed by atoms with Gasteiger partial charge in [-0.1, -0.05) is 0 Å². The summed E-state index contributed by atoms with van der Waals surface area (Å²) in [4.78, 5) is 9.83. The highest BCUT2D eigenvalue weighted by Crippen LogP contribution is 2.26. The second-order valence-electron chi connectivity index (χ2n) is 3.17. The van der Waals surface area contributed by atoms with Gasteiger partial charge in [-0.3, -0.25) is 9.97 Å². The zero-order chi connectivity index (χ0) is 11.4. The molecule has 0 saturated carbocycles. The Kier molecular flexibility index (Phi) is 4.15. The molecule has 5 heteroatoms. The van der Waals surface area contributed by atoms with Crippen molar-refractivity contribution in [1.29, 1.82) is 0 Å². The molecule has 2 heterocycles. The van der Waals surface area contributed by atoms with Crippen LogP contribution in [0.4, 0.5) is 0 Å². The zero-order valence-corrected chi connectivity index (χ0v) is 11.2. The van der Waals surface area contributed by atoms with Crippen LogP contribution in [-0.4, -0.2) is 29.4 Å². The average molecular weight is 299 g/mol. The second kappa shape index (κ2) is 5.61. The van der Waals surface area contributed by atoms with E-state index in [0.29, 0.717) is 0 Å². The third-order valence-electron chi connectivity index (χ3n) is 2.05. The Morgan fingerprint density at radius 3 is 3.12 bits per heavy atom. The molecule has 16 heavy (non-hydrogen) atoms. The number of pyridine rings is 2. The molecule has 0 aliphatic heterocycles. The van der Waals surface area contributed by atoms with E-state index >= 15 is 0 Å². The van der Waals surface area contributed by atoms with E-state index in [1.807, 2.05) is 18.3 Å². The van der Waals surface area contributed by atoms with Gasteiger partial charge >= 0.3 is 0 Å². The van der Waals surface area contributed by atoms with E-state index in [2.05, 4.69) is 25.9 Å². The van der Waals surface area contributed by atoms with Crippen LogP contribution in [-0.2, 0) is 4.74 Å². The maximum absolute atomic E-state index is 5.03. The van der Waals surface area contributed by atoms with Gasteiger partial charge in [-0.25, -0.2) is 0 Å². The molecule has 2 rings (SSSR count). The SMILES string of the molecule is COCCSc1ccnc2cc(Br)cnc12. The van der Waals surface area contributed by atoms with Crippen molar-refractivity contribution >= 4 is 38.7 Å². The summed E-state index contributed by atoms with van der Waals surface area (Å²) in [6.07, 6.45) is 3.61. The number of ether oxygens (including phenoxy) is 1. The second-order valence-corrected chi connectivity index (χ2v) is 5.22. The van der Waals surface area contributed by atoms with Crippen LogP contribution >= 0.6 is 27.7 Å². The van der Waals surface area contributed by atoms with Crippen LogP contribution < -0.4 is 0 Å². The molecule has 0 unspecified atom stereocenters. The fourth-order valence-electron chi connectivity index (χ4n) is 1.33. The van der Waals surface area contributed by atoms with E-state index in [0.717, 1.165) is 32.8 Å². The van der Waals surface area contributed by atoms with Gasteiger partial charge in [-0.05, 0) is 28.1 Å². The predicted octanol–water partition coefficient (Wildman–Crippen LogP) is 3.13. The average Bonchev–Trinajstić information content (AvgIpc) is 2.29. The van der Waals surface area contributed by atoms with Gasteiger partial charge < -0.3 is 4.74 Å². The molecule has 0 spiro atoms. The van der Waals surface area contributed by atoms with Gasteiger partial charge in [-0.2, -0.15) is 0 Å². The Balaban J connectivity index is 2.30. The quantitative estimate of drug-likeness (QED) is 0.642. The Labute approximate surface area is 107 Å². The number of fused-ring (bicyclic) bond motifs is 1. The fourth-order valence-corrected chi connectivity index (χ4v) is 2.57. The van der Waals surface area contributed by atoms with Crippen molar-refractivity contribution in [3.63, 3.8) is 0 Å². The third kappa shape index (κ3) is 2.72. The molecule has 2 aromatic rings. The Morgan fingerprint density at radius 1 is 1.44 bits per heavy atom. The highest BCUT2D eigenvalue weighted by Gasteiger charge is 2.04. The van der Waals surface area contributed by atoms with Crippen molar-refractivity contribution < 1.29 is 4.74 Å². The van der Waals surface area contributed by atoms with Crippen molar-refractivity contribution in [3.8, 4) is 0 Å². The number of hydrogen-bond donors (Lipinski definition) is 0. The smallest absolute Gasteiger partial charge is 0.102 e. The normalized spacial score (nSPS) is 10.9. The first kappa shape index (κ1) is 11.8. The molecular weight excluding hydrogens is 288 g/mol. The Morgan fingerprint density at radius 2 is 2.31 bits per heavy atom. The number of hydrogen-bond acceptors (Lipinski definition) is 4. The fraction of sp³-hybridized carbons (Fsp3) is 0.273. The van der Waals surface area contributed by atoms with Crippen molar-refractivity contribution in [2.75, 3.05) is 19.5 Å². The molecule has 0 fully saturated rings. The van der Waals surface area contributed by atoms with Gasteiger partial charge in [0.15, 0.2) is 0 Å². The summed E-state index contributed by atoms with van der Waals surface area (Å²) in [7, 11) is 1.71. The van der Waals surface area contributed by atoms with Gasteiger partial charge in [-0.15, -0.1) is 11.8 Å². The topological polar surface area (TPSA) is 35.0 Å². The first-order valence-corrected chi connectivity index (χ1v) is 6.61. The number of rotatable bonds is 4. The molecule has 0 radical (unpaired) electrons. The van der Waals surface area contributed by atoms with Crippen LogP contribution in [0, 0.1) is 0 Å². The first-order valence-electron chi connectivity index (χ1n) is 4.83. The van der Waals surface area contributed by atoms with E-state index in [4.69, 9.17) is 4.74 Å².